The van der Waals surface area contributed by atoms with E-state index in [0.717, 1.165) is 49.2 Å². The van der Waals surface area contributed by atoms with E-state index in [1.807, 2.05) is 0 Å². The van der Waals surface area contributed by atoms with Crippen molar-refractivity contribution in [2.24, 2.45) is 0 Å². The molecule has 0 unspecified atom stereocenters. The van der Waals surface area contributed by atoms with Crippen molar-refractivity contribution in [3.05, 3.63) is 72.8 Å². The Kier molecular flexibility index (Phi) is 5.85. The molecule has 0 aromatic heterocycles. The number of fused-ring (bicyclic) bond motifs is 4. The highest BCUT2D eigenvalue weighted by molar-refractivity contribution is 6.09. The van der Waals surface area contributed by atoms with E-state index in [2.05, 4.69) is 86.6 Å². The van der Waals surface area contributed by atoms with Crippen LogP contribution in [0.1, 0.15) is 39.5 Å². The van der Waals surface area contributed by atoms with Crippen LogP contribution in [0.5, 0.6) is 11.5 Å². The summed E-state index contributed by atoms with van der Waals surface area (Å²) in [5.74, 6) is 1.74. The third-order valence-electron chi connectivity index (χ3n) is 6.21. The Morgan fingerprint density at radius 2 is 1.06 bits per heavy atom. The lowest BCUT2D eigenvalue weighted by atomic mass is 9.97. The van der Waals surface area contributed by atoms with Gasteiger partial charge in [0.25, 0.3) is 0 Å². The molecule has 0 amide bonds. The van der Waals surface area contributed by atoms with Crippen LogP contribution in [-0.2, 0) is 0 Å². The van der Waals surface area contributed by atoms with E-state index in [-0.39, 0.29) is 0 Å². The Morgan fingerprint density at radius 1 is 0.531 bits per heavy atom. The summed E-state index contributed by atoms with van der Waals surface area (Å²) in [4.78, 5) is 0. The molecule has 0 aliphatic carbocycles. The van der Waals surface area contributed by atoms with Crippen molar-refractivity contribution in [3.8, 4) is 11.5 Å². The van der Waals surface area contributed by atoms with Crippen LogP contribution in [0.4, 0.5) is 0 Å². The molecule has 5 aromatic rings. The third kappa shape index (κ3) is 3.98. The van der Waals surface area contributed by atoms with Gasteiger partial charge in [0, 0.05) is 5.39 Å². The summed E-state index contributed by atoms with van der Waals surface area (Å²) in [6.07, 6.45) is 4.31. The summed E-state index contributed by atoms with van der Waals surface area (Å²) >= 11 is 0. The van der Waals surface area contributed by atoms with Crippen LogP contribution < -0.4 is 9.47 Å². The topological polar surface area (TPSA) is 18.5 Å². The summed E-state index contributed by atoms with van der Waals surface area (Å²) in [7, 11) is 0. The van der Waals surface area contributed by atoms with E-state index >= 15 is 0 Å². The minimum absolute atomic E-state index is 0.710. The molecule has 162 valence electrons. The molecular weight excluding hydrogens is 392 g/mol. The van der Waals surface area contributed by atoms with Crippen molar-refractivity contribution < 1.29 is 9.47 Å². The van der Waals surface area contributed by atoms with Gasteiger partial charge in [-0.1, -0.05) is 57.0 Å². The van der Waals surface area contributed by atoms with E-state index < -0.39 is 0 Å². The normalized spacial score (nSPS) is 11.6. The molecule has 0 atom stereocenters. The lowest BCUT2D eigenvalue weighted by Gasteiger charge is -2.16. The van der Waals surface area contributed by atoms with E-state index in [1.165, 1.54) is 37.7 Å². The third-order valence-corrected chi connectivity index (χ3v) is 6.21. The lowest BCUT2D eigenvalue weighted by Crippen LogP contribution is -2.03. The fraction of sp³-hybridized carbons (Fsp3) is 0.267. The number of unbranched alkanes of at least 4 members (excludes halogenated alkanes) is 2. The van der Waals surface area contributed by atoms with E-state index in [4.69, 9.17) is 9.47 Å². The molecule has 2 nitrogen and oxygen atoms in total. The minimum Gasteiger partial charge on any atom is -0.490 e. The molecule has 0 heterocycles. The van der Waals surface area contributed by atoms with Crippen molar-refractivity contribution in [1.29, 1.82) is 0 Å². The first-order chi connectivity index (χ1) is 15.8. The summed E-state index contributed by atoms with van der Waals surface area (Å²) in [6.45, 7) is 5.80. The zero-order chi connectivity index (χ0) is 21.9. The number of hydrogen-bond donors (Lipinski definition) is 0. The van der Waals surface area contributed by atoms with Crippen LogP contribution in [0, 0.1) is 0 Å². The molecule has 0 bridgehead atoms. The van der Waals surface area contributed by atoms with Gasteiger partial charge < -0.3 is 9.47 Å². The quantitative estimate of drug-likeness (QED) is 0.184. The van der Waals surface area contributed by atoms with Gasteiger partial charge in [0.1, 0.15) is 0 Å². The highest BCUT2D eigenvalue weighted by Crippen LogP contribution is 2.39. The molecule has 0 N–H and O–H groups in total. The molecule has 2 heteroatoms. The second-order valence-electron chi connectivity index (χ2n) is 8.62. The fourth-order valence-corrected chi connectivity index (χ4v) is 4.38. The molecular formula is C30H30O2. The fourth-order valence-electron chi connectivity index (χ4n) is 4.38. The van der Waals surface area contributed by atoms with Crippen molar-refractivity contribution in [1.82, 2.24) is 0 Å². The second kappa shape index (κ2) is 9.08. The molecule has 0 fully saturated rings. The second-order valence-corrected chi connectivity index (χ2v) is 8.62. The average Bonchev–Trinajstić information content (AvgIpc) is 2.81. The van der Waals surface area contributed by atoms with Gasteiger partial charge in [0.2, 0.25) is 0 Å². The van der Waals surface area contributed by atoms with Gasteiger partial charge in [-0.15, -0.1) is 0 Å². The van der Waals surface area contributed by atoms with Gasteiger partial charge in [-0.05, 0) is 93.0 Å². The van der Waals surface area contributed by atoms with E-state index in [0.29, 0.717) is 6.61 Å². The summed E-state index contributed by atoms with van der Waals surface area (Å²) in [5.41, 5.74) is 0. The van der Waals surface area contributed by atoms with Gasteiger partial charge >= 0.3 is 0 Å². The number of ether oxygens (including phenoxy) is 2. The predicted octanol–water partition coefficient (Wildman–Crippen LogP) is 8.66. The van der Waals surface area contributed by atoms with Crippen molar-refractivity contribution in [2.75, 3.05) is 13.2 Å². The molecule has 32 heavy (non-hydrogen) atoms. The summed E-state index contributed by atoms with van der Waals surface area (Å²) < 4.78 is 12.4. The molecule has 5 rings (SSSR count). The van der Waals surface area contributed by atoms with Crippen molar-refractivity contribution >= 4 is 43.1 Å². The zero-order valence-corrected chi connectivity index (χ0v) is 19.0. The highest BCUT2D eigenvalue weighted by atomic mass is 16.5. The smallest absolute Gasteiger partial charge is 0.168 e. The Balaban J connectivity index is 1.67. The Labute approximate surface area is 189 Å². The van der Waals surface area contributed by atoms with Gasteiger partial charge in [0.15, 0.2) is 11.5 Å². The molecule has 0 aliphatic rings. The number of rotatable bonds is 8. The van der Waals surface area contributed by atoms with Crippen LogP contribution in [0.2, 0.25) is 0 Å². The van der Waals surface area contributed by atoms with Crippen molar-refractivity contribution in [2.45, 2.75) is 39.5 Å². The van der Waals surface area contributed by atoms with Gasteiger partial charge in [-0.2, -0.15) is 0 Å². The monoisotopic (exact) mass is 422 g/mol. The van der Waals surface area contributed by atoms with Crippen LogP contribution >= 0.6 is 0 Å². The predicted molar refractivity (Wildman–Crippen MR) is 137 cm³/mol. The summed E-state index contributed by atoms with van der Waals surface area (Å²) in [5, 5.41) is 9.88. The Morgan fingerprint density at radius 3 is 1.69 bits per heavy atom. The van der Waals surface area contributed by atoms with Crippen LogP contribution in [0.15, 0.2) is 72.8 Å². The van der Waals surface area contributed by atoms with Crippen LogP contribution in [-0.4, -0.2) is 13.2 Å². The van der Waals surface area contributed by atoms with E-state index in [1.54, 1.807) is 0 Å². The minimum atomic E-state index is 0.710. The number of benzene rings is 5. The van der Waals surface area contributed by atoms with Crippen LogP contribution in [0.25, 0.3) is 43.1 Å². The van der Waals surface area contributed by atoms with Gasteiger partial charge in [-0.25, -0.2) is 0 Å². The first-order valence-electron chi connectivity index (χ1n) is 11.9. The Bertz CT molecular complexity index is 1400. The molecule has 5 aromatic carbocycles. The largest absolute Gasteiger partial charge is 0.490 e. The maximum absolute atomic E-state index is 6.29. The van der Waals surface area contributed by atoms with Crippen LogP contribution in [0.3, 0.4) is 0 Å². The average molecular weight is 423 g/mol. The zero-order valence-electron chi connectivity index (χ0n) is 19.0. The standard InChI is InChI=1S/C30H30O2/c1-3-5-13-31-29-12-11-23-17-26-18-24-15-21-9-7-8-10-22(21)16-25(24)19-27(26)20-28(23)30(29)32-14-6-4-2/h7-12,15-20H,3-6,13-14H2,1-2H3. The van der Waals surface area contributed by atoms with Crippen molar-refractivity contribution in [3.63, 3.8) is 0 Å². The molecule has 0 radical (unpaired) electrons. The first kappa shape index (κ1) is 20.6. The molecule has 0 aliphatic heterocycles. The van der Waals surface area contributed by atoms with Gasteiger partial charge in [0.05, 0.1) is 13.2 Å². The number of hydrogen-bond acceptors (Lipinski definition) is 2. The molecule has 0 saturated carbocycles. The SMILES string of the molecule is CCCCOc1ccc2cc3cc4cc5ccccc5cc4cc3cc2c1OCCCC. The molecule has 0 spiro atoms. The lowest BCUT2D eigenvalue weighted by molar-refractivity contribution is 0.264. The van der Waals surface area contributed by atoms with E-state index in [9.17, 15) is 0 Å². The summed E-state index contributed by atoms with van der Waals surface area (Å²) in [6, 6.07) is 26.5. The Hall–Kier alpha value is -3.26. The maximum Gasteiger partial charge on any atom is 0.168 e. The first-order valence-corrected chi connectivity index (χ1v) is 11.9. The van der Waals surface area contributed by atoms with Gasteiger partial charge in [-0.3, -0.25) is 0 Å². The maximum atomic E-state index is 6.29. The highest BCUT2D eigenvalue weighted by Gasteiger charge is 2.13. The molecule has 0 saturated heterocycles.